The van der Waals surface area contributed by atoms with E-state index in [4.69, 9.17) is 50.5 Å². The van der Waals surface area contributed by atoms with Crippen molar-refractivity contribution in [3.8, 4) is 17.2 Å². The second-order valence-corrected chi connectivity index (χ2v) is 8.80. The average Bonchev–Trinajstić information content (AvgIpc) is 3.62. The maximum Gasteiger partial charge on any atom is 0.414 e. The van der Waals surface area contributed by atoms with E-state index in [0.717, 1.165) is 47.6 Å². The monoisotopic (exact) mass is 531 g/mol. The molecule has 12 heteroatoms. The van der Waals surface area contributed by atoms with Crippen LogP contribution in [-0.4, -0.2) is 65.9 Å². The Labute approximate surface area is 216 Å². The van der Waals surface area contributed by atoms with Crippen LogP contribution in [0.3, 0.4) is 0 Å². The number of nitrogens with one attached hydrogen (secondary N) is 2. The first-order valence-electron chi connectivity index (χ1n) is 11.4. The highest BCUT2D eigenvalue weighted by Crippen LogP contribution is 2.42. The Morgan fingerprint density at radius 2 is 2.03 bits per heavy atom. The summed E-state index contributed by atoms with van der Waals surface area (Å²) in [6.45, 7) is 1.78. The molecule has 1 atom stereocenters. The molecule has 0 spiro atoms. The molecule has 37 heavy (non-hydrogen) atoms. The van der Waals surface area contributed by atoms with E-state index in [1.54, 1.807) is 7.11 Å². The second-order valence-electron chi connectivity index (χ2n) is 8.37. The molecule has 0 radical (unpaired) electrons. The number of carboxylic acids is 2. The van der Waals surface area contributed by atoms with Gasteiger partial charge in [-0.1, -0.05) is 16.8 Å². The van der Waals surface area contributed by atoms with E-state index in [1.807, 2.05) is 30.3 Å². The lowest BCUT2D eigenvalue weighted by Crippen LogP contribution is -2.25. The van der Waals surface area contributed by atoms with Gasteiger partial charge in [0.15, 0.2) is 11.5 Å². The highest BCUT2D eigenvalue weighted by Gasteiger charge is 2.25. The largest absolute Gasteiger partial charge is 0.493 e. The minimum absolute atomic E-state index is 0.0117. The quantitative estimate of drug-likeness (QED) is 0.253. The predicted octanol–water partition coefficient (Wildman–Crippen LogP) is 3.23. The molecule has 2 aliphatic heterocycles. The normalized spacial score (nSPS) is 15.5. The lowest BCUT2D eigenvalue weighted by atomic mass is 10.0. The number of aromatic nitrogens is 1. The maximum absolute atomic E-state index is 9.10. The van der Waals surface area contributed by atoms with Crippen molar-refractivity contribution in [2.45, 2.75) is 25.4 Å². The summed E-state index contributed by atoms with van der Waals surface area (Å²) in [6.07, 6.45) is 4.50. The molecule has 1 aromatic heterocycles. The molecule has 196 valence electrons. The van der Waals surface area contributed by atoms with Crippen LogP contribution in [0.4, 0.5) is 0 Å². The number of benzene rings is 2. The highest BCUT2D eigenvalue weighted by molar-refractivity contribution is 6.31. The molecule has 0 aliphatic carbocycles. The minimum atomic E-state index is -1.82. The predicted molar refractivity (Wildman–Crippen MR) is 135 cm³/mol. The van der Waals surface area contributed by atoms with Gasteiger partial charge in [-0.3, -0.25) is 0 Å². The molecule has 2 aromatic carbocycles. The first-order chi connectivity index (χ1) is 17.8. The van der Waals surface area contributed by atoms with Crippen molar-refractivity contribution in [1.82, 2.24) is 10.3 Å². The third-order valence-electron chi connectivity index (χ3n) is 5.79. The van der Waals surface area contributed by atoms with Crippen LogP contribution in [0.5, 0.6) is 17.2 Å². The molecular weight excluding hydrogens is 506 g/mol. The summed E-state index contributed by atoms with van der Waals surface area (Å²) in [5.74, 6) is -1.58. The van der Waals surface area contributed by atoms with Crippen LogP contribution in [0.25, 0.3) is 10.9 Å². The first-order valence-corrected chi connectivity index (χ1v) is 11.8. The fourth-order valence-corrected chi connectivity index (χ4v) is 4.25. The third-order valence-corrected chi connectivity index (χ3v) is 6.02. The van der Waals surface area contributed by atoms with E-state index in [0.29, 0.717) is 23.8 Å². The van der Waals surface area contributed by atoms with E-state index in [1.165, 1.54) is 10.9 Å². The van der Waals surface area contributed by atoms with E-state index in [2.05, 4.69) is 21.7 Å². The lowest BCUT2D eigenvalue weighted by molar-refractivity contribution is -0.159. The molecule has 2 aliphatic rings. The topological polar surface area (TPSA) is 152 Å². The van der Waals surface area contributed by atoms with Gasteiger partial charge >= 0.3 is 11.9 Å². The van der Waals surface area contributed by atoms with Crippen molar-refractivity contribution in [2.75, 3.05) is 27.0 Å². The number of hydrogen-bond acceptors (Lipinski definition) is 8. The minimum Gasteiger partial charge on any atom is -0.493 e. The van der Waals surface area contributed by atoms with Crippen LogP contribution in [-0.2, 0) is 27.3 Å². The van der Waals surface area contributed by atoms with Gasteiger partial charge in [0, 0.05) is 41.5 Å². The number of aromatic amines is 1. The van der Waals surface area contributed by atoms with Crippen molar-refractivity contribution < 1.29 is 38.9 Å². The Hall–Kier alpha value is -3.96. The first kappa shape index (κ1) is 26.1. The van der Waals surface area contributed by atoms with Crippen LogP contribution >= 0.6 is 11.6 Å². The van der Waals surface area contributed by atoms with Gasteiger partial charge in [0.25, 0.3) is 0 Å². The molecule has 0 amide bonds. The van der Waals surface area contributed by atoms with E-state index in [9.17, 15) is 0 Å². The number of halogens is 1. The van der Waals surface area contributed by atoms with Crippen molar-refractivity contribution in [1.29, 1.82) is 0 Å². The SMILES string of the molecule is COc1cc(CC2CC(CNCCc3c[nH]c4ccc(Cl)cc34)=NO2)cc2c1OCO2.O=C(O)C(=O)O. The van der Waals surface area contributed by atoms with Crippen LogP contribution in [0, 0.1) is 0 Å². The Balaban J connectivity index is 0.000000480. The molecule has 3 aromatic rings. The summed E-state index contributed by atoms with van der Waals surface area (Å²) < 4.78 is 16.4. The number of hydrogen-bond donors (Lipinski definition) is 4. The van der Waals surface area contributed by atoms with Gasteiger partial charge in [0.1, 0.15) is 6.10 Å². The maximum atomic E-state index is 9.10. The number of oxime groups is 1. The fourth-order valence-electron chi connectivity index (χ4n) is 4.08. The standard InChI is InChI=1S/C23H24ClN3O4.C2H2O4/c1-28-21-7-14(8-22-23(21)30-13-29-22)6-18-10-17(27-31-18)12-25-5-4-15-11-26-20-3-2-16(24)9-19(15)20;3-1(4)2(5)6/h2-3,7-9,11,18,25-26H,4-6,10,12-13H2,1H3;(H,3,4)(H,5,6). The number of aliphatic carboxylic acids is 2. The highest BCUT2D eigenvalue weighted by atomic mass is 35.5. The molecule has 0 saturated carbocycles. The Morgan fingerprint density at radius 3 is 2.78 bits per heavy atom. The van der Waals surface area contributed by atoms with Gasteiger partial charge in [-0.15, -0.1) is 0 Å². The Kier molecular flexibility index (Phi) is 8.36. The van der Waals surface area contributed by atoms with Gasteiger partial charge in [-0.25, -0.2) is 9.59 Å². The summed E-state index contributed by atoms with van der Waals surface area (Å²) in [4.78, 5) is 27.1. The van der Waals surface area contributed by atoms with Crippen LogP contribution in [0.1, 0.15) is 17.5 Å². The van der Waals surface area contributed by atoms with Gasteiger partial charge in [0.2, 0.25) is 12.5 Å². The molecule has 4 N–H and O–H groups in total. The fraction of sp³-hybridized carbons (Fsp3) is 0.320. The van der Waals surface area contributed by atoms with Crippen LogP contribution < -0.4 is 19.5 Å². The number of nitrogens with zero attached hydrogens (tertiary/aromatic N) is 1. The number of carboxylic acid groups (broad SMARTS) is 2. The number of methoxy groups -OCH3 is 1. The smallest absolute Gasteiger partial charge is 0.414 e. The Bertz CT molecular complexity index is 1310. The summed E-state index contributed by atoms with van der Waals surface area (Å²) in [5, 5.41) is 24.4. The van der Waals surface area contributed by atoms with Crippen molar-refractivity contribution >= 4 is 40.2 Å². The summed E-state index contributed by atoms with van der Waals surface area (Å²) in [6, 6.07) is 9.87. The molecule has 11 nitrogen and oxygen atoms in total. The van der Waals surface area contributed by atoms with Gasteiger partial charge in [-0.2, -0.15) is 0 Å². The zero-order chi connectivity index (χ0) is 26.4. The summed E-state index contributed by atoms with van der Waals surface area (Å²) >= 11 is 6.13. The molecule has 0 fully saturated rings. The number of carbonyl (C=O) groups is 2. The molecule has 5 rings (SSSR count). The number of ether oxygens (including phenoxy) is 3. The number of rotatable bonds is 8. The summed E-state index contributed by atoms with van der Waals surface area (Å²) in [5.41, 5.74) is 4.47. The van der Waals surface area contributed by atoms with E-state index in [-0.39, 0.29) is 12.9 Å². The van der Waals surface area contributed by atoms with Crippen molar-refractivity contribution in [3.63, 3.8) is 0 Å². The number of fused-ring (bicyclic) bond motifs is 2. The molecule has 0 saturated heterocycles. The van der Waals surface area contributed by atoms with Crippen molar-refractivity contribution in [2.24, 2.45) is 5.16 Å². The number of H-pyrrole nitrogens is 1. The third kappa shape index (κ3) is 6.63. The molecule has 3 heterocycles. The summed E-state index contributed by atoms with van der Waals surface area (Å²) in [7, 11) is 1.63. The van der Waals surface area contributed by atoms with Gasteiger partial charge in [0.05, 0.1) is 12.8 Å². The second kappa shape index (κ2) is 11.8. The van der Waals surface area contributed by atoms with E-state index < -0.39 is 11.9 Å². The van der Waals surface area contributed by atoms with Crippen molar-refractivity contribution in [3.05, 3.63) is 52.7 Å². The van der Waals surface area contributed by atoms with Crippen LogP contribution in [0.2, 0.25) is 5.02 Å². The average molecular weight is 532 g/mol. The zero-order valence-corrected chi connectivity index (χ0v) is 20.7. The molecule has 0 bridgehead atoms. The lowest BCUT2D eigenvalue weighted by Gasteiger charge is -2.11. The van der Waals surface area contributed by atoms with E-state index >= 15 is 0 Å². The molecular formula is C25H26ClN3O8. The Morgan fingerprint density at radius 1 is 1.22 bits per heavy atom. The van der Waals surface area contributed by atoms with Gasteiger partial charge in [-0.05, 0) is 54.4 Å². The zero-order valence-electron chi connectivity index (χ0n) is 20.0. The van der Waals surface area contributed by atoms with Crippen LogP contribution in [0.15, 0.2) is 41.7 Å². The molecule has 1 unspecified atom stereocenters. The van der Waals surface area contributed by atoms with Gasteiger partial charge < -0.3 is 39.6 Å².